The van der Waals surface area contributed by atoms with Crippen LogP contribution in [0.3, 0.4) is 0 Å². The van der Waals surface area contributed by atoms with Crippen molar-refractivity contribution in [3.05, 3.63) is 45.1 Å². The highest BCUT2D eigenvalue weighted by Gasteiger charge is 2.30. The molecule has 0 aliphatic carbocycles. The third-order valence-electron chi connectivity index (χ3n) is 4.69. The molecule has 9 heteroatoms. The topological polar surface area (TPSA) is 87.5 Å². The molecule has 0 saturated carbocycles. The molecule has 27 heavy (non-hydrogen) atoms. The second kappa shape index (κ2) is 7.32. The van der Waals surface area contributed by atoms with E-state index < -0.39 is 6.09 Å². The van der Waals surface area contributed by atoms with E-state index >= 15 is 0 Å². The maximum Gasteiger partial charge on any atom is 0.407 e. The number of likely N-dealkylation sites (tertiary alicyclic amines) is 1. The molecule has 0 spiro atoms. The van der Waals surface area contributed by atoms with E-state index in [1.54, 1.807) is 6.07 Å². The van der Waals surface area contributed by atoms with Crippen molar-refractivity contribution < 1.29 is 14.7 Å². The summed E-state index contributed by atoms with van der Waals surface area (Å²) in [6.45, 7) is 0.994. The number of fused-ring (bicyclic) bond motifs is 1. The van der Waals surface area contributed by atoms with Crippen LogP contribution in [0.15, 0.2) is 40.2 Å². The third-order valence-corrected chi connectivity index (χ3v) is 6.32. The van der Waals surface area contributed by atoms with Gasteiger partial charge in [-0.2, -0.15) is 0 Å². The predicted octanol–water partition coefficient (Wildman–Crippen LogP) is 4.26. The molecule has 0 bridgehead atoms. The zero-order valence-electron chi connectivity index (χ0n) is 14.3. The number of halogens is 1. The van der Waals surface area contributed by atoms with Gasteiger partial charge in [-0.05, 0) is 53.0 Å². The van der Waals surface area contributed by atoms with E-state index in [4.69, 9.17) is 0 Å². The number of anilines is 1. The fourth-order valence-electron chi connectivity index (χ4n) is 3.44. The summed E-state index contributed by atoms with van der Waals surface area (Å²) in [4.78, 5) is 30.7. The number of rotatable bonds is 4. The summed E-state index contributed by atoms with van der Waals surface area (Å²) in [6, 6.07) is 11.1. The molecule has 3 aromatic rings. The quantitative estimate of drug-likeness (QED) is 0.624. The minimum atomic E-state index is -0.907. The second-order valence-corrected chi connectivity index (χ2v) is 8.83. The highest BCUT2D eigenvalue weighted by atomic mass is 79.9. The lowest BCUT2D eigenvalue weighted by Gasteiger charge is -2.23. The zero-order chi connectivity index (χ0) is 19.0. The molecular formula is C18H17BrN4O3S. The number of amides is 2. The first-order chi connectivity index (χ1) is 13.0. The lowest BCUT2D eigenvalue weighted by molar-refractivity contribution is 0.102. The van der Waals surface area contributed by atoms with Gasteiger partial charge < -0.3 is 14.6 Å². The van der Waals surface area contributed by atoms with E-state index in [9.17, 15) is 14.7 Å². The van der Waals surface area contributed by atoms with Gasteiger partial charge in [0, 0.05) is 13.1 Å². The molecule has 4 rings (SSSR count). The number of thiophene rings is 1. The molecule has 1 aromatic carbocycles. The number of hydrogen-bond acceptors (Lipinski definition) is 4. The first-order valence-corrected chi connectivity index (χ1v) is 10.2. The van der Waals surface area contributed by atoms with Crippen molar-refractivity contribution in [2.24, 2.45) is 0 Å². The normalized spacial score (nSPS) is 16.8. The Labute approximate surface area is 167 Å². The average Bonchev–Trinajstić information content (AvgIpc) is 3.35. The van der Waals surface area contributed by atoms with Crippen LogP contribution in [0.5, 0.6) is 0 Å². The van der Waals surface area contributed by atoms with Gasteiger partial charge in [0.25, 0.3) is 5.91 Å². The van der Waals surface area contributed by atoms with E-state index in [-0.39, 0.29) is 11.9 Å². The number of benzene rings is 1. The van der Waals surface area contributed by atoms with Crippen molar-refractivity contribution >= 4 is 56.2 Å². The van der Waals surface area contributed by atoms with Gasteiger partial charge >= 0.3 is 6.09 Å². The number of para-hydroxylation sites is 2. The van der Waals surface area contributed by atoms with E-state index in [1.165, 1.54) is 16.2 Å². The van der Waals surface area contributed by atoms with Crippen molar-refractivity contribution in [1.82, 2.24) is 14.5 Å². The molecule has 140 valence electrons. The fourth-order valence-corrected chi connectivity index (χ4v) is 4.72. The number of carboxylic acid groups (broad SMARTS) is 1. The number of hydrogen-bond donors (Lipinski definition) is 2. The summed E-state index contributed by atoms with van der Waals surface area (Å²) < 4.78 is 2.78. The lowest BCUT2D eigenvalue weighted by Crippen LogP contribution is -2.37. The standard InChI is InChI=1S/C18H17BrN4O3S/c19-15-8-7-14(27-15)16(24)21-17-20-12-5-1-2-6-13(12)23(17)10-11-4-3-9-22(11)18(25)26/h1-2,5-8,11H,3-4,9-10H2,(H,25,26)(H,20,21,24)/t11-/m0/s1. The molecule has 1 aliphatic heterocycles. The van der Waals surface area contributed by atoms with E-state index in [2.05, 4.69) is 26.2 Å². The molecule has 7 nitrogen and oxygen atoms in total. The summed E-state index contributed by atoms with van der Waals surface area (Å²) in [5.74, 6) is 0.201. The van der Waals surface area contributed by atoms with E-state index in [1.807, 2.05) is 34.9 Å². The molecule has 2 amide bonds. The molecule has 0 unspecified atom stereocenters. The largest absolute Gasteiger partial charge is 0.465 e. The average molecular weight is 449 g/mol. The first-order valence-electron chi connectivity index (χ1n) is 8.54. The Morgan fingerprint density at radius 2 is 2.11 bits per heavy atom. The molecule has 0 radical (unpaired) electrons. The Balaban J connectivity index is 1.67. The summed E-state index contributed by atoms with van der Waals surface area (Å²) in [5, 5.41) is 12.3. The van der Waals surface area contributed by atoms with Gasteiger partial charge in [-0.1, -0.05) is 12.1 Å². The summed E-state index contributed by atoms with van der Waals surface area (Å²) >= 11 is 4.71. The number of nitrogens with one attached hydrogen (secondary N) is 1. The highest BCUT2D eigenvalue weighted by molar-refractivity contribution is 9.11. The molecular weight excluding hydrogens is 432 g/mol. The Morgan fingerprint density at radius 1 is 1.30 bits per heavy atom. The molecule has 3 heterocycles. The van der Waals surface area contributed by atoms with Crippen molar-refractivity contribution in [1.29, 1.82) is 0 Å². The van der Waals surface area contributed by atoms with Crippen molar-refractivity contribution in [3.63, 3.8) is 0 Å². The number of imidazole rings is 1. The van der Waals surface area contributed by atoms with Crippen LogP contribution in [-0.2, 0) is 6.54 Å². The van der Waals surface area contributed by atoms with Crippen LogP contribution >= 0.6 is 27.3 Å². The molecule has 2 N–H and O–H groups in total. The van der Waals surface area contributed by atoms with Crippen LogP contribution in [0.1, 0.15) is 22.5 Å². The van der Waals surface area contributed by atoms with Crippen molar-refractivity contribution in [2.75, 3.05) is 11.9 Å². The SMILES string of the molecule is O=C(Nc1nc2ccccc2n1C[C@@H]1CCCN1C(=O)O)c1ccc(Br)s1. The third kappa shape index (κ3) is 3.57. The Bertz CT molecular complexity index is 1020. The smallest absolute Gasteiger partial charge is 0.407 e. The van der Waals surface area contributed by atoms with Gasteiger partial charge in [0.2, 0.25) is 5.95 Å². The summed E-state index contributed by atoms with van der Waals surface area (Å²) in [5.41, 5.74) is 1.64. The maximum absolute atomic E-state index is 12.6. The van der Waals surface area contributed by atoms with Crippen LogP contribution in [-0.4, -0.2) is 44.1 Å². The van der Waals surface area contributed by atoms with Gasteiger partial charge in [-0.3, -0.25) is 10.1 Å². The second-order valence-electron chi connectivity index (χ2n) is 6.36. The van der Waals surface area contributed by atoms with Crippen LogP contribution in [0.4, 0.5) is 10.7 Å². The Morgan fingerprint density at radius 3 is 2.85 bits per heavy atom. The van der Waals surface area contributed by atoms with E-state index in [0.29, 0.717) is 23.9 Å². The Hall–Kier alpha value is -2.39. The summed E-state index contributed by atoms with van der Waals surface area (Å²) in [6.07, 6.45) is 0.731. The molecule has 1 saturated heterocycles. The van der Waals surface area contributed by atoms with Crippen molar-refractivity contribution in [2.45, 2.75) is 25.4 Å². The van der Waals surface area contributed by atoms with Crippen LogP contribution < -0.4 is 5.32 Å². The zero-order valence-corrected chi connectivity index (χ0v) is 16.7. The number of carbonyl (C=O) groups excluding carboxylic acids is 1. The van der Waals surface area contributed by atoms with Gasteiger partial charge in [0.05, 0.1) is 25.7 Å². The van der Waals surface area contributed by atoms with Crippen molar-refractivity contribution in [3.8, 4) is 0 Å². The lowest BCUT2D eigenvalue weighted by atomic mass is 10.2. The molecule has 1 atom stereocenters. The first kappa shape index (κ1) is 18.0. The number of aromatic nitrogens is 2. The van der Waals surface area contributed by atoms with Crippen LogP contribution in [0.25, 0.3) is 11.0 Å². The Kier molecular flexibility index (Phi) is 4.88. The summed E-state index contributed by atoms with van der Waals surface area (Å²) in [7, 11) is 0. The molecule has 1 fully saturated rings. The van der Waals surface area contributed by atoms with Gasteiger partial charge in [0.15, 0.2) is 0 Å². The van der Waals surface area contributed by atoms with Gasteiger partial charge in [-0.15, -0.1) is 11.3 Å². The monoisotopic (exact) mass is 448 g/mol. The molecule has 2 aromatic heterocycles. The minimum absolute atomic E-state index is 0.133. The van der Waals surface area contributed by atoms with Gasteiger partial charge in [0.1, 0.15) is 0 Å². The number of nitrogens with zero attached hydrogens (tertiary/aromatic N) is 3. The predicted molar refractivity (Wildman–Crippen MR) is 107 cm³/mol. The fraction of sp³-hybridized carbons (Fsp3) is 0.278. The highest BCUT2D eigenvalue weighted by Crippen LogP contribution is 2.27. The van der Waals surface area contributed by atoms with E-state index in [0.717, 1.165) is 27.7 Å². The molecule has 1 aliphatic rings. The van der Waals surface area contributed by atoms with Crippen LogP contribution in [0.2, 0.25) is 0 Å². The maximum atomic E-state index is 12.6. The number of carbonyl (C=O) groups is 2. The minimum Gasteiger partial charge on any atom is -0.465 e. The van der Waals surface area contributed by atoms with Gasteiger partial charge in [-0.25, -0.2) is 9.78 Å². The van der Waals surface area contributed by atoms with Crippen LogP contribution in [0, 0.1) is 0 Å².